The maximum Gasteiger partial charge on any atom is 0.328 e. The van der Waals surface area contributed by atoms with E-state index in [4.69, 9.17) is 19.5 Å². The van der Waals surface area contributed by atoms with Crippen LogP contribution in [0.5, 0.6) is 0 Å². The van der Waals surface area contributed by atoms with Crippen molar-refractivity contribution in [2.75, 3.05) is 6.61 Å². The molecule has 170 valence electrons. The highest BCUT2D eigenvalue weighted by molar-refractivity contribution is 5.82. The van der Waals surface area contributed by atoms with Gasteiger partial charge in [-0.2, -0.15) is 4.98 Å². The monoisotopic (exact) mass is 433 g/mol. The summed E-state index contributed by atoms with van der Waals surface area (Å²) in [4.78, 5) is 35.9. The Morgan fingerprint density at radius 3 is 2.50 bits per heavy atom. The summed E-state index contributed by atoms with van der Waals surface area (Å²) < 4.78 is 10.5. The lowest BCUT2D eigenvalue weighted by molar-refractivity contribution is -0.141. The van der Waals surface area contributed by atoms with E-state index in [1.54, 1.807) is 0 Å². The van der Waals surface area contributed by atoms with Crippen molar-refractivity contribution in [3.8, 4) is 0 Å². The van der Waals surface area contributed by atoms with E-state index in [0.717, 1.165) is 0 Å². The van der Waals surface area contributed by atoms with Crippen LogP contribution in [0.4, 0.5) is 4.79 Å². The molecular formula is C16H27N5O9. The Morgan fingerprint density at radius 1 is 1.33 bits per heavy atom. The Bertz CT molecular complexity index is 707. The standard InChI is InChI=1S/C14H22N4O8.C2H5NO/c1-6(20)10(13(22)23)17-14(24)15-4-9-16-12(18-26-9)11-8(21)3-2-7(5-19)25-11;1-2(3)4/h6-8,10-11,19-21H,2-5H2,1H3,(H,22,23)(H2,15,17,24);1H3,(H2,3,4). The number of amides is 3. The number of carboxylic acid groups (broad SMARTS) is 1. The summed E-state index contributed by atoms with van der Waals surface area (Å²) in [7, 11) is 0. The molecule has 0 spiro atoms. The predicted molar refractivity (Wildman–Crippen MR) is 97.6 cm³/mol. The molecule has 8 N–H and O–H groups in total. The van der Waals surface area contributed by atoms with E-state index in [1.165, 1.54) is 13.8 Å². The number of nitrogens with two attached hydrogens (primary N) is 1. The fourth-order valence-electron chi connectivity index (χ4n) is 2.43. The van der Waals surface area contributed by atoms with Crippen LogP contribution in [0.15, 0.2) is 4.52 Å². The predicted octanol–water partition coefficient (Wildman–Crippen LogP) is -2.23. The summed E-state index contributed by atoms with van der Waals surface area (Å²) in [5, 5.41) is 45.5. The van der Waals surface area contributed by atoms with Crippen molar-refractivity contribution in [2.24, 2.45) is 5.73 Å². The summed E-state index contributed by atoms with van der Waals surface area (Å²) in [6.45, 7) is 2.15. The van der Waals surface area contributed by atoms with Gasteiger partial charge in [0.15, 0.2) is 6.04 Å². The third kappa shape index (κ3) is 8.28. The van der Waals surface area contributed by atoms with Crippen LogP contribution in [-0.2, 0) is 20.9 Å². The third-order valence-corrected chi connectivity index (χ3v) is 3.85. The number of nitrogens with one attached hydrogen (secondary N) is 2. The van der Waals surface area contributed by atoms with Gasteiger partial charge in [-0.3, -0.25) is 4.79 Å². The lowest BCUT2D eigenvalue weighted by Gasteiger charge is -2.31. The van der Waals surface area contributed by atoms with Crippen molar-refractivity contribution in [3.05, 3.63) is 11.7 Å². The van der Waals surface area contributed by atoms with E-state index in [2.05, 4.69) is 26.5 Å². The van der Waals surface area contributed by atoms with Gasteiger partial charge in [0.2, 0.25) is 17.6 Å². The quantitative estimate of drug-likeness (QED) is 0.243. The molecule has 1 aromatic rings. The van der Waals surface area contributed by atoms with Crippen molar-refractivity contribution in [3.63, 3.8) is 0 Å². The molecule has 0 aliphatic carbocycles. The minimum Gasteiger partial charge on any atom is -0.480 e. The van der Waals surface area contributed by atoms with Crippen molar-refractivity contribution in [2.45, 2.75) is 63.7 Å². The van der Waals surface area contributed by atoms with Crippen LogP contribution in [0, 0.1) is 0 Å². The maximum absolute atomic E-state index is 11.7. The van der Waals surface area contributed by atoms with Gasteiger partial charge in [-0.1, -0.05) is 5.16 Å². The van der Waals surface area contributed by atoms with Gasteiger partial charge >= 0.3 is 12.0 Å². The van der Waals surface area contributed by atoms with Crippen molar-refractivity contribution < 1.29 is 44.1 Å². The number of aliphatic hydroxyl groups excluding tert-OH is 3. The zero-order valence-electron chi connectivity index (χ0n) is 16.5. The van der Waals surface area contributed by atoms with Crippen molar-refractivity contribution in [1.82, 2.24) is 20.8 Å². The number of hydrogen-bond acceptors (Lipinski definition) is 10. The number of aliphatic hydroxyl groups is 3. The van der Waals surface area contributed by atoms with E-state index in [0.29, 0.717) is 12.8 Å². The molecule has 14 heteroatoms. The molecule has 14 nitrogen and oxygen atoms in total. The second-order valence-corrected chi connectivity index (χ2v) is 6.55. The van der Waals surface area contributed by atoms with Crippen LogP contribution in [-0.4, -0.2) is 79.4 Å². The molecular weight excluding hydrogens is 406 g/mol. The second kappa shape index (κ2) is 12.0. The second-order valence-electron chi connectivity index (χ2n) is 6.55. The zero-order valence-corrected chi connectivity index (χ0v) is 16.5. The minimum atomic E-state index is -1.46. The fourth-order valence-corrected chi connectivity index (χ4v) is 2.43. The van der Waals surface area contributed by atoms with Gasteiger partial charge in [0.25, 0.3) is 0 Å². The fraction of sp³-hybridized carbons (Fsp3) is 0.688. The first-order chi connectivity index (χ1) is 14.0. The number of aliphatic carboxylic acids is 1. The number of rotatable bonds is 7. The molecule has 0 radical (unpaired) electrons. The van der Waals surface area contributed by atoms with Crippen LogP contribution in [0.2, 0.25) is 0 Å². The smallest absolute Gasteiger partial charge is 0.328 e. The summed E-state index contributed by atoms with van der Waals surface area (Å²) in [6.07, 6.45) is -2.48. The first-order valence-corrected chi connectivity index (χ1v) is 9.03. The van der Waals surface area contributed by atoms with E-state index in [-0.39, 0.29) is 30.8 Å². The number of carbonyl (C=O) groups excluding carboxylic acids is 2. The lowest BCUT2D eigenvalue weighted by Crippen LogP contribution is -2.51. The molecule has 1 aromatic heterocycles. The van der Waals surface area contributed by atoms with Gasteiger partial charge < -0.3 is 46.1 Å². The Kier molecular flexibility index (Phi) is 10.1. The molecule has 3 amide bonds. The molecule has 1 aliphatic rings. The molecule has 5 atom stereocenters. The highest BCUT2D eigenvalue weighted by atomic mass is 16.5. The lowest BCUT2D eigenvalue weighted by atomic mass is 10.0. The summed E-state index contributed by atoms with van der Waals surface area (Å²) in [5.74, 6) is -1.61. The van der Waals surface area contributed by atoms with Crippen LogP contribution in [0.3, 0.4) is 0 Å². The summed E-state index contributed by atoms with van der Waals surface area (Å²) in [6, 6.07) is -2.30. The van der Waals surface area contributed by atoms with Gasteiger partial charge in [0, 0.05) is 6.92 Å². The molecule has 0 aromatic carbocycles. The first kappa shape index (κ1) is 25.2. The van der Waals surface area contributed by atoms with E-state index < -0.39 is 42.5 Å². The molecule has 2 rings (SSSR count). The molecule has 1 aliphatic heterocycles. The van der Waals surface area contributed by atoms with Gasteiger partial charge in [0.1, 0.15) is 6.10 Å². The van der Waals surface area contributed by atoms with Crippen molar-refractivity contribution in [1.29, 1.82) is 0 Å². The number of carbonyl (C=O) groups is 3. The molecule has 30 heavy (non-hydrogen) atoms. The Morgan fingerprint density at radius 2 is 1.97 bits per heavy atom. The Labute approximate surface area is 171 Å². The third-order valence-electron chi connectivity index (χ3n) is 3.85. The Balaban J connectivity index is 0.00000103. The number of nitrogens with zero attached hydrogens (tertiary/aromatic N) is 2. The average Bonchev–Trinajstić information content (AvgIpc) is 3.12. The topological polar surface area (TPSA) is 230 Å². The molecule has 0 saturated carbocycles. The summed E-state index contributed by atoms with van der Waals surface area (Å²) in [5.41, 5.74) is 4.47. The first-order valence-electron chi connectivity index (χ1n) is 9.03. The number of carboxylic acids is 1. The van der Waals surface area contributed by atoms with Gasteiger partial charge in [-0.25, -0.2) is 9.59 Å². The van der Waals surface area contributed by atoms with Gasteiger partial charge in [-0.05, 0) is 19.8 Å². The van der Waals surface area contributed by atoms with Gasteiger partial charge in [-0.15, -0.1) is 0 Å². The normalized spacial score (nSPS) is 22.8. The molecule has 1 fully saturated rings. The number of ether oxygens (including phenoxy) is 1. The Hall–Kier alpha value is -2.81. The highest BCUT2D eigenvalue weighted by Crippen LogP contribution is 2.29. The van der Waals surface area contributed by atoms with Crippen molar-refractivity contribution >= 4 is 17.9 Å². The number of aromatic nitrogens is 2. The average molecular weight is 433 g/mol. The number of hydrogen-bond donors (Lipinski definition) is 7. The van der Waals surface area contributed by atoms with E-state index >= 15 is 0 Å². The highest BCUT2D eigenvalue weighted by Gasteiger charge is 2.34. The van der Waals surface area contributed by atoms with Crippen LogP contribution in [0.1, 0.15) is 44.5 Å². The molecule has 1 saturated heterocycles. The minimum absolute atomic E-state index is 0.0148. The number of urea groups is 1. The maximum atomic E-state index is 11.7. The largest absolute Gasteiger partial charge is 0.480 e. The van der Waals surface area contributed by atoms with Crippen LogP contribution >= 0.6 is 0 Å². The van der Waals surface area contributed by atoms with Crippen LogP contribution < -0.4 is 16.4 Å². The molecule has 5 unspecified atom stereocenters. The summed E-state index contributed by atoms with van der Waals surface area (Å²) >= 11 is 0. The molecule has 0 bridgehead atoms. The van der Waals surface area contributed by atoms with Gasteiger partial charge in [0.05, 0.1) is 31.5 Å². The number of primary amides is 1. The molecule has 2 heterocycles. The van der Waals surface area contributed by atoms with Crippen LogP contribution in [0.25, 0.3) is 0 Å². The SMILES string of the molecule is CC(N)=O.CC(O)C(NC(=O)NCc1nc(C2OC(CO)CCC2O)no1)C(=O)O. The zero-order chi connectivity index (χ0) is 22.8. The van der Waals surface area contributed by atoms with E-state index in [9.17, 15) is 24.6 Å². The van der Waals surface area contributed by atoms with E-state index in [1.807, 2.05) is 0 Å².